The number of fused-ring (bicyclic) bond motifs is 1. The van der Waals surface area contributed by atoms with Gasteiger partial charge in [0.05, 0.1) is 22.8 Å². The van der Waals surface area contributed by atoms with Crippen molar-refractivity contribution in [3.8, 4) is 11.3 Å². The van der Waals surface area contributed by atoms with E-state index in [1.807, 2.05) is 36.4 Å². The van der Waals surface area contributed by atoms with Gasteiger partial charge in [-0.05, 0) is 29.7 Å². The molecule has 3 heterocycles. The number of hydrogen-bond donors (Lipinski definition) is 2. The van der Waals surface area contributed by atoms with E-state index in [9.17, 15) is 4.79 Å². The topological polar surface area (TPSA) is 107 Å². The Balaban J connectivity index is 1.76. The zero-order chi connectivity index (χ0) is 21.1. The third-order valence-corrected chi connectivity index (χ3v) is 4.93. The quantitative estimate of drug-likeness (QED) is 0.530. The molecule has 3 aromatic heterocycles. The maximum Gasteiger partial charge on any atom is 0.252 e. The molecule has 30 heavy (non-hydrogen) atoms. The fourth-order valence-electron chi connectivity index (χ4n) is 3.40. The lowest BCUT2D eigenvalue weighted by molar-refractivity contribution is 0.0927. The molecule has 1 amide bonds. The van der Waals surface area contributed by atoms with E-state index in [1.54, 1.807) is 30.9 Å². The van der Waals surface area contributed by atoms with Crippen LogP contribution >= 0.6 is 0 Å². The summed E-state index contributed by atoms with van der Waals surface area (Å²) >= 11 is 0. The smallest absolute Gasteiger partial charge is 0.252 e. The Morgan fingerprint density at radius 1 is 1.03 bits per heavy atom. The van der Waals surface area contributed by atoms with Crippen LogP contribution in [0.15, 0.2) is 67.3 Å². The number of carbonyl (C=O) groups is 1. The Bertz CT molecular complexity index is 1180. The second kappa shape index (κ2) is 8.24. The molecule has 4 aromatic rings. The van der Waals surface area contributed by atoms with Gasteiger partial charge in [-0.25, -0.2) is 15.0 Å². The van der Waals surface area contributed by atoms with Crippen LogP contribution < -0.4 is 11.1 Å². The van der Waals surface area contributed by atoms with E-state index >= 15 is 0 Å². The lowest BCUT2D eigenvalue weighted by Gasteiger charge is -2.23. The Morgan fingerprint density at radius 3 is 2.50 bits per heavy atom. The summed E-state index contributed by atoms with van der Waals surface area (Å²) in [6.45, 7) is 4.14. The van der Waals surface area contributed by atoms with Gasteiger partial charge in [0.15, 0.2) is 0 Å². The van der Waals surface area contributed by atoms with Gasteiger partial charge in [0.1, 0.15) is 0 Å². The minimum Gasteiger partial charge on any atom is -0.368 e. The highest BCUT2D eigenvalue weighted by Gasteiger charge is 2.21. The van der Waals surface area contributed by atoms with Gasteiger partial charge in [0.2, 0.25) is 5.95 Å². The number of nitrogen functional groups attached to an aromatic ring is 1. The molecule has 0 saturated heterocycles. The number of benzene rings is 1. The van der Waals surface area contributed by atoms with Gasteiger partial charge < -0.3 is 11.1 Å². The number of amides is 1. The van der Waals surface area contributed by atoms with Crippen LogP contribution in [0.2, 0.25) is 0 Å². The van der Waals surface area contributed by atoms with E-state index in [0.717, 1.165) is 16.5 Å². The SMILES string of the molecule is CC(C)[C@H](NC(=O)c1cc(-c2cnc(N)nc2)nc2ccccc12)c1cccnc1. The minimum absolute atomic E-state index is 0.165. The summed E-state index contributed by atoms with van der Waals surface area (Å²) in [4.78, 5) is 30.3. The Labute approximate surface area is 174 Å². The first kappa shape index (κ1) is 19.4. The molecule has 0 aliphatic heterocycles. The largest absolute Gasteiger partial charge is 0.368 e. The second-order valence-corrected chi connectivity index (χ2v) is 7.38. The summed E-state index contributed by atoms with van der Waals surface area (Å²) in [7, 11) is 0. The molecule has 7 heteroatoms. The number of pyridine rings is 2. The maximum absolute atomic E-state index is 13.4. The highest BCUT2D eigenvalue weighted by Crippen LogP contribution is 2.26. The lowest BCUT2D eigenvalue weighted by atomic mass is 9.96. The molecule has 0 aliphatic rings. The van der Waals surface area contributed by atoms with Crippen molar-refractivity contribution in [3.05, 3.63) is 78.4 Å². The van der Waals surface area contributed by atoms with Gasteiger partial charge in [-0.1, -0.05) is 38.1 Å². The zero-order valence-electron chi connectivity index (χ0n) is 16.8. The van der Waals surface area contributed by atoms with Crippen LogP contribution in [0.5, 0.6) is 0 Å². The molecule has 1 aromatic carbocycles. The summed E-state index contributed by atoms with van der Waals surface area (Å²) in [5.41, 5.74) is 9.13. The number of nitrogens with one attached hydrogen (secondary N) is 1. The van der Waals surface area contributed by atoms with Crippen molar-refractivity contribution in [2.24, 2.45) is 5.92 Å². The van der Waals surface area contributed by atoms with Gasteiger partial charge in [-0.2, -0.15) is 0 Å². The van der Waals surface area contributed by atoms with Crippen molar-refractivity contribution in [3.63, 3.8) is 0 Å². The van der Waals surface area contributed by atoms with Crippen LogP contribution in [0.4, 0.5) is 5.95 Å². The first-order chi connectivity index (χ1) is 14.5. The highest BCUT2D eigenvalue weighted by atomic mass is 16.1. The van der Waals surface area contributed by atoms with E-state index in [-0.39, 0.29) is 23.8 Å². The van der Waals surface area contributed by atoms with E-state index < -0.39 is 0 Å². The molecule has 1 atom stereocenters. The summed E-state index contributed by atoms with van der Waals surface area (Å²) < 4.78 is 0. The average Bonchev–Trinajstić information content (AvgIpc) is 2.77. The van der Waals surface area contributed by atoms with Crippen molar-refractivity contribution in [1.82, 2.24) is 25.3 Å². The van der Waals surface area contributed by atoms with Crippen LogP contribution in [0, 0.1) is 5.92 Å². The minimum atomic E-state index is -0.172. The van der Waals surface area contributed by atoms with Crippen LogP contribution in [-0.4, -0.2) is 25.8 Å². The number of aromatic nitrogens is 4. The first-order valence-corrected chi connectivity index (χ1v) is 9.71. The molecule has 7 nitrogen and oxygen atoms in total. The normalized spacial score (nSPS) is 12.1. The molecule has 4 rings (SSSR count). The molecular weight excluding hydrogens is 376 g/mol. The molecule has 0 spiro atoms. The van der Waals surface area contributed by atoms with E-state index in [1.165, 1.54) is 0 Å². The number of nitrogens with two attached hydrogens (primary N) is 1. The van der Waals surface area contributed by atoms with Crippen molar-refractivity contribution in [2.45, 2.75) is 19.9 Å². The van der Waals surface area contributed by atoms with Crippen molar-refractivity contribution in [1.29, 1.82) is 0 Å². The third kappa shape index (κ3) is 3.96. The number of carbonyl (C=O) groups excluding carboxylic acids is 1. The number of rotatable bonds is 5. The fourth-order valence-corrected chi connectivity index (χ4v) is 3.40. The van der Waals surface area contributed by atoms with Crippen molar-refractivity contribution in [2.75, 3.05) is 5.73 Å². The zero-order valence-corrected chi connectivity index (χ0v) is 16.8. The van der Waals surface area contributed by atoms with E-state index in [0.29, 0.717) is 16.8 Å². The number of para-hydroxylation sites is 1. The Kier molecular flexibility index (Phi) is 5.34. The summed E-state index contributed by atoms with van der Waals surface area (Å²) in [6.07, 6.45) is 6.72. The summed E-state index contributed by atoms with van der Waals surface area (Å²) in [5.74, 6) is 0.207. The third-order valence-electron chi connectivity index (χ3n) is 4.93. The Morgan fingerprint density at radius 2 is 1.80 bits per heavy atom. The van der Waals surface area contributed by atoms with Crippen LogP contribution in [0.1, 0.15) is 35.8 Å². The number of hydrogen-bond acceptors (Lipinski definition) is 6. The standard InChI is InChI=1S/C23H22N6O/c1-14(2)21(15-6-5-9-25-11-15)29-22(30)18-10-20(16-12-26-23(24)27-13-16)28-19-8-4-3-7-17(18)19/h3-14,21H,1-2H3,(H,29,30)(H2,24,26,27)/t21-/m0/s1. The molecule has 0 bridgehead atoms. The molecule has 0 fully saturated rings. The molecule has 3 N–H and O–H groups in total. The predicted octanol–water partition coefficient (Wildman–Crippen LogP) is 3.80. The van der Waals surface area contributed by atoms with Crippen LogP contribution in [0.3, 0.4) is 0 Å². The fraction of sp³-hybridized carbons (Fsp3) is 0.174. The van der Waals surface area contributed by atoms with Crippen molar-refractivity contribution < 1.29 is 4.79 Å². The molecule has 0 radical (unpaired) electrons. The molecule has 150 valence electrons. The molecule has 0 aliphatic carbocycles. The van der Waals surface area contributed by atoms with Gasteiger partial charge in [0, 0.05) is 35.7 Å². The maximum atomic E-state index is 13.4. The molecule has 0 unspecified atom stereocenters. The summed E-state index contributed by atoms with van der Waals surface area (Å²) in [5, 5.41) is 3.95. The van der Waals surface area contributed by atoms with Gasteiger partial charge in [-0.15, -0.1) is 0 Å². The van der Waals surface area contributed by atoms with Gasteiger partial charge >= 0.3 is 0 Å². The number of nitrogens with zero attached hydrogens (tertiary/aromatic N) is 4. The average molecular weight is 398 g/mol. The Hall–Kier alpha value is -3.87. The van der Waals surface area contributed by atoms with E-state index in [4.69, 9.17) is 5.73 Å². The van der Waals surface area contributed by atoms with Crippen LogP contribution in [-0.2, 0) is 0 Å². The molecular formula is C23H22N6O. The van der Waals surface area contributed by atoms with Crippen LogP contribution in [0.25, 0.3) is 22.2 Å². The van der Waals surface area contributed by atoms with Gasteiger partial charge in [0.25, 0.3) is 5.91 Å². The lowest BCUT2D eigenvalue weighted by Crippen LogP contribution is -2.32. The predicted molar refractivity (Wildman–Crippen MR) is 116 cm³/mol. The highest BCUT2D eigenvalue weighted by molar-refractivity contribution is 6.07. The molecule has 0 saturated carbocycles. The van der Waals surface area contributed by atoms with Gasteiger partial charge in [-0.3, -0.25) is 9.78 Å². The number of anilines is 1. The van der Waals surface area contributed by atoms with Crippen molar-refractivity contribution >= 4 is 22.8 Å². The summed E-state index contributed by atoms with van der Waals surface area (Å²) in [6, 6.07) is 13.0. The second-order valence-electron chi connectivity index (χ2n) is 7.38. The van der Waals surface area contributed by atoms with E-state index in [2.05, 4.69) is 39.1 Å². The first-order valence-electron chi connectivity index (χ1n) is 9.71. The monoisotopic (exact) mass is 398 g/mol.